The summed E-state index contributed by atoms with van der Waals surface area (Å²) in [6.07, 6.45) is 1.13. The molecule has 27 heavy (non-hydrogen) atoms. The van der Waals surface area contributed by atoms with Crippen molar-refractivity contribution in [2.45, 2.75) is 4.90 Å². The van der Waals surface area contributed by atoms with E-state index >= 15 is 0 Å². The third-order valence-corrected chi connectivity index (χ3v) is 5.59. The molecule has 10 heteroatoms. The van der Waals surface area contributed by atoms with E-state index in [0.717, 1.165) is 18.3 Å². The van der Waals surface area contributed by atoms with Gasteiger partial charge in [-0.3, -0.25) is 9.52 Å². The van der Waals surface area contributed by atoms with Crippen LogP contribution in [0, 0.1) is 5.82 Å². The van der Waals surface area contributed by atoms with E-state index in [4.69, 9.17) is 23.2 Å². The summed E-state index contributed by atoms with van der Waals surface area (Å²) < 4.78 is 40.5. The Morgan fingerprint density at radius 1 is 1.04 bits per heavy atom. The Kier molecular flexibility index (Phi) is 5.41. The monoisotopic (exact) mass is 427 g/mol. The van der Waals surface area contributed by atoms with Gasteiger partial charge in [0.05, 0.1) is 15.7 Å². The van der Waals surface area contributed by atoms with Crippen molar-refractivity contribution in [1.82, 2.24) is 4.98 Å². The minimum Gasteiger partial charge on any atom is -0.356 e. The highest BCUT2D eigenvalue weighted by Crippen LogP contribution is 2.25. The van der Waals surface area contributed by atoms with Crippen molar-refractivity contribution in [3.05, 3.63) is 76.3 Å². The number of H-pyrrole nitrogens is 1. The molecule has 3 rings (SSSR count). The lowest BCUT2D eigenvalue weighted by Crippen LogP contribution is -2.14. The number of aromatic nitrogens is 1. The first kappa shape index (κ1) is 19.2. The maximum atomic E-state index is 13.7. The first-order chi connectivity index (χ1) is 12.8. The van der Waals surface area contributed by atoms with Crippen molar-refractivity contribution in [2.75, 3.05) is 10.0 Å². The third kappa shape index (κ3) is 4.41. The third-order valence-electron chi connectivity index (χ3n) is 3.51. The lowest BCUT2D eigenvalue weighted by Gasteiger charge is -2.07. The van der Waals surface area contributed by atoms with Gasteiger partial charge in [0.1, 0.15) is 16.4 Å². The van der Waals surface area contributed by atoms with Gasteiger partial charge in [-0.1, -0.05) is 35.3 Å². The number of hydrogen-bond donors (Lipinski definition) is 3. The summed E-state index contributed by atoms with van der Waals surface area (Å²) in [5.74, 6) is -1.30. The van der Waals surface area contributed by atoms with Crippen molar-refractivity contribution >= 4 is 50.5 Å². The number of halogens is 3. The average Bonchev–Trinajstić information content (AvgIpc) is 3.11. The molecular formula is C17H12Cl2FN3O3S. The number of anilines is 2. The fraction of sp³-hybridized carbons (Fsp3) is 0. The number of hydrogen-bond acceptors (Lipinski definition) is 3. The number of carbonyl (C=O) groups is 1. The predicted molar refractivity (Wildman–Crippen MR) is 102 cm³/mol. The SMILES string of the molecule is O=C(Nc1ccc(Cl)c(Cl)c1)c1cc(S(=O)(=O)Nc2ccccc2F)c[nH]1. The molecule has 0 saturated heterocycles. The molecule has 0 spiro atoms. The van der Waals surface area contributed by atoms with Gasteiger partial charge in [-0.2, -0.15) is 0 Å². The van der Waals surface area contributed by atoms with E-state index < -0.39 is 21.7 Å². The first-order valence-corrected chi connectivity index (χ1v) is 9.72. The van der Waals surface area contributed by atoms with Crippen LogP contribution in [0.25, 0.3) is 0 Å². The Balaban J connectivity index is 1.78. The molecule has 2 aromatic carbocycles. The van der Waals surface area contributed by atoms with Crippen LogP contribution in [0.4, 0.5) is 15.8 Å². The molecule has 3 N–H and O–H groups in total. The molecule has 0 bridgehead atoms. The van der Waals surface area contributed by atoms with E-state index in [9.17, 15) is 17.6 Å². The Hall–Kier alpha value is -2.55. The molecule has 140 valence electrons. The zero-order valence-electron chi connectivity index (χ0n) is 13.5. The van der Waals surface area contributed by atoms with Crippen LogP contribution in [0.1, 0.15) is 10.5 Å². The Bertz CT molecular complexity index is 1120. The number of nitrogens with one attached hydrogen (secondary N) is 3. The van der Waals surface area contributed by atoms with Crippen LogP contribution in [0.3, 0.4) is 0 Å². The van der Waals surface area contributed by atoms with Crippen LogP contribution in [0.5, 0.6) is 0 Å². The maximum absolute atomic E-state index is 13.7. The lowest BCUT2D eigenvalue weighted by atomic mass is 10.3. The molecule has 0 aliphatic carbocycles. The van der Waals surface area contributed by atoms with Crippen LogP contribution in [-0.2, 0) is 10.0 Å². The van der Waals surface area contributed by atoms with Gasteiger partial charge in [-0.05, 0) is 36.4 Å². The maximum Gasteiger partial charge on any atom is 0.272 e. The van der Waals surface area contributed by atoms with Crippen molar-refractivity contribution in [1.29, 1.82) is 0 Å². The smallest absolute Gasteiger partial charge is 0.272 e. The average molecular weight is 428 g/mol. The van der Waals surface area contributed by atoms with Gasteiger partial charge in [0.2, 0.25) is 0 Å². The number of benzene rings is 2. The molecular weight excluding hydrogens is 416 g/mol. The van der Waals surface area contributed by atoms with Gasteiger partial charge in [0, 0.05) is 11.9 Å². The minimum atomic E-state index is -4.07. The lowest BCUT2D eigenvalue weighted by molar-refractivity contribution is 0.102. The molecule has 0 radical (unpaired) electrons. The number of rotatable bonds is 5. The molecule has 0 saturated carbocycles. The fourth-order valence-electron chi connectivity index (χ4n) is 2.18. The van der Waals surface area contributed by atoms with Gasteiger partial charge in [0.25, 0.3) is 15.9 Å². The van der Waals surface area contributed by atoms with Crippen molar-refractivity contribution in [2.24, 2.45) is 0 Å². The summed E-state index contributed by atoms with van der Waals surface area (Å²) in [6, 6.07) is 11.0. The summed E-state index contributed by atoms with van der Waals surface area (Å²) in [6.45, 7) is 0. The van der Waals surface area contributed by atoms with E-state index in [1.54, 1.807) is 6.07 Å². The molecule has 6 nitrogen and oxygen atoms in total. The second-order valence-electron chi connectivity index (χ2n) is 5.42. The first-order valence-electron chi connectivity index (χ1n) is 7.48. The highest BCUT2D eigenvalue weighted by atomic mass is 35.5. The number of para-hydroxylation sites is 1. The normalized spacial score (nSPS) is 11.2. The molecule has 0 aliphatic rings. The minimum absolute atomic E-state index is 0.00465. The second kappa shape index (κ2) is 7.59. The Morgan fingerprint density at radius 3 is 2.48 bits per heavy atom. The summed E-state index contributed by atoms with van der Waals surface area (Å²) in [7, 11) is -4.07. The van der Waals surface area contributed by atoms with Gasteiger partial charge < -0.3 is 10.3 Å². The number of sulfonamides is 1. The largest absolute Gasteiger partial charge is 0.356 e. The molecule has 1 aromatic heterocycles. The second-order valence-corrected chi connectivity index (χ2v) is 7.91. The van der Waals surface area contributed by atoms with Crippen molar-refractivity contribution in [3.8, 4) is 0 Å². The van der Waals surface area contributed by atoms with E-state index in [2.05, 4.69) is 15.0 Å². The van der Waals surface area contributed by atoms with E-state index in [1.165, 1.54) is 30.3 Å². The van der Waals surface area contributed by atoms with Gasteiger partial charge in [-0.25, -0.2) is 12.8 Å². The molecule has 0 fully saturated rings. The summed E-state index contributed by atoms with van der Waals surface area (Å²) in [4.78, 5) is 14.6. The molecule has 0 aliphatic heterocycles. The van der Waals surface area contributed by atoms with Crippen LogP contribution in [0.2, 0.25) is 10.0 Å². The fourth-order valence-corrected chi connectivity index (χ4v) is 3.54. The van der Waals surface area contributed by atoms with Crippen LogP contribution in [0.15, 0.2) is 59.6 Å². The van der Waals surface area contributed by atoms with Crippen molar-refractivity contribution < 1.29 is 17.6 Å². The quantitative estimate of drug-likeness (QED) is 0.558. The zero-order chi connectivity index (χ0) is 19.6. The van der Waals surface area contributed by atoms with E-state index in [-0.39, 0.29) is 21.3 Å². The highest BCUT2D eigenvalue weighted by Gasteiger charge is 2.20. The number of amides is 1. The van der Waals surface area contributed by atoms with Gasteiger partial charge >= 0.3 is 0 Å². The number of carbonyl (C=O) groups excluding carboxylic acids is 1. The van der Waals surface area contributed by atoms with Crippen LogP contribution >= 0.6 is 23.2 Å². The molecule has 0 unspecified atom stereocenters. The summed E-state index contributed by atoms with van der Waals surface area (Å²) in [5.41, 5.74) is 0.188. The Morgan fingerprint density at radius 2 is 1.78 bits per heavy atom. The molecule has 0 atom stereocenters. The molecule has 3 aromatic rings. The molecule has 1 heterocycles. The zero-order valence-corrected chi connectivity index (χ0v) is 15.8. The van der Waals surface area contributed by atoms with E-state index in [0.29, 0.717) is 10.7 Å². The summed E-state index contributed by atoms with van der Waals surface area (Å²) >= 11 is 11.7. The predicted octanol–water partition coefficient (Wildman–Crippen LogP) is 4.51. The topological polar surface area (TPSA) is 91.1 Å². The number of aromatic amines is 1. The van der Waals surface area contributed by atoms with E-state index in [1.807, 2.05) is 0 Å². The van der Waals surface area contributed by atoms with Crippen LogP contribution < -0.4 is 10.0 Å². The summed E-state index contributed by atoms with van der Waals surface area (Å²) in [5, 5.41) is 3.16. The highest BCUT2D eigenvalue weighted by molar-refractivity contribution is 7.92. The standard InChI is InChI=1S/C17H12Cl2FN3O3S/c18-12-6-5-10(7-13(12)19)22-17(24)16-8-11(9-21-16)27(25,26)23-15-4-2-1-3-14(15)20/h1-9,21,23H,(H,22,24). The van der Waals surface area contributed by atoms with Gasteiger partial charge in [-0.15, -0.1) is 0 Å². The van der Waals surface area contributed by atoms with Crippen molar-refractivity contribution in [3.63, 3.8) is 0 Å². The van der Waals surface area contributed by atoms with Crippen LogP contribution in [-0.4, -0.2) is 19.3 Å². The Labute approximate surface area is 164 Å². The molecule has 1 amide bonds. The van der Waals surface area contributed by atoms with Gasteiger partial charge in [0.15, 0.2) is 0 Å².